The van der Waals surface area contributed by atoms with Crippen LogP contribution in [0.4, 0.5) is 0 Å². The molecule has 14 heavy (non-hydrogen) atoms. The fourth-order valence-electron chi connectivity index (χ4n) is 0.776. The van der Waals surface area contributed by atoms with E-state index in [1.807, 2.05) is 0 Å². The Kier molecular flexibility index (Phi) is 3.21. The third-order valence-electron chi connectivity index (χ3n) is 1.32. The van der Waals surface area contributed by atoms with Gasteiger partial charge in [0.15, 0.2) is 12.0 Å². The molecule has 1 heterocycles. The molecule has 4 nitrogen and oxygen atoms in total. The molecule has 0 saturated heterocycles. The van der Waals surface area contributed by atoms with Crippen LogP contribution in [0, 0.1) is 11.8 Å². The van der Waals surface area contributed by atoms with Crippen molar-refractivity contribution in [2.24, 2.45) is 0 Å². The van der Waals surface area contributed by atoms with Crippen LogP contribution in [-0.4, -0.2) is 22.3 Å². The van der Waals surface area contributed by atoms with Crippen molar-refractivity contribution in [2.45, 2.75) is 0 Å². The Labute approximate surface area is 84.5 Å². The highest BCUT2D eigenvalue weighted by atomic mass is 35.5. The Balaban J connectivity index is 3.12. The predicted octanol–water partition coefficient (Wildman–Crippen LogP) is 0.984. The second kappa shape index (κ2) is 4.40. The Morgan fingerprint density at radius 3 is 2.86 bits per heavy atom. The van der Waals surface area contributed by atoms with Gasteiger partial charge in [-0.1, -0.05) is 17.5 Å². The van der Waals surface area contributed by atoms with Gasteiger partial charge >= 0.3 is 5.97 Å². The number of hydrogen-bond donors (Lipinski definition) is 1. The fraction of sp³-hybridized carbons (Fsp3) is 0. The van der Waals surface area contributed by atoms with Crippen molar-refractivity contribution in [3.05, 3.63) is 28.5 Å². The van der Waals surface area contributed by atoms with Crippen molar-refractivity contribution in [1.29, 1.82) is 0 Å². The molecule has 70 valence electrons. The number of halogens is 1. The van der Waals surface area contributed by atoms with E-state index in [9.17, 15) is 9.59 Å². The van der Waals surface area contributed by atoms with Gasteiger partial charge in [0, 0.05) is 11.8 Å². The minimum absolute atomic E-state index is 0.00445. The summed E-state index contributed by atoms with van der Waals surface area (Å²) in [5, 5.41) is 8.59. The van der Waals surface area contributed by atoms with E-state index in [0.29, 0.717) is 11.8 Å². The van der Waals surface area contributed by atoms with Crippen LogP contribution in [0.3, 0.4) is 0 Å². The van der Waals surface area contributed by atoms with Crippen LogP contribution in [0.15, 0.2) is 12.3 Å². The predicted molar refractivity (Wildman–Crippen MR) is 49.1 cm³/mol. The number of rotatable bonds is 1. The maximum absolute atomic E-state index is 10.5. The summed E-state index contributed by atoms with van der Waals surface area (Å²) in [7, 11) is 0. The molecule has 5 heteroatoms. The van der Waals surface area contributed by atoms with Crippen LogP contribution in [0.1, 0.15) is 16.1 Å². The Hall–Kier alpha value is -1.86. The van der Waals surface area contributed by atoms with E-state index in [1.165, 1.54) is 12.3 Å². The zero-order chi connectivity index (χ0) is 10.6. The highest BCUT2D eigenvalue weighted by Crippen LogP contribution is 2.14. The number of carboxylic acids is 1. The molecule has 0 aromatic carbocycles. The SMILES string of the molecule is O=CC#Cc1cnc(C(=O)O)c(Cl)c1. The van der Waals surface area contributed by atoms with E-state index in [0.717, 1.165) is 0 Å². The third-order valence-corrected chi connectivity index (χ3v) is 1.61. The second-order valence-electron chi connectivity index (χ2n) is 2.25. The minimum Gasteiger partial charge on any atom is -0.476 e. The number of aromatic carboxylic acids is 1. The van der Waals surface area contributed by atoms with Crippen molar-refractivity contribution in [1.82, 2.24) is 4.98 Å². The van der Waals surface area contributed by atoms with E-state index < -0.39 is 5.97 Å². The first kappa shape index (κ1) is 10.2. The minimum atomic E-state index is -1.20. The Morgan fingerprint density at radius 1 is 1.64 bits per heavy atom. The normalized spacial score (nSPS) is 8.64. The summed E-state index contributed by atoms with van der Waals surface area (Å²) in [5.41, 5.74) is 0.162. The van der Waals surface area contributed by atoms with Gasteiger partial charge < -0.3 is 5.11 Å². The Morgan fingerprint density at radius 2 is 2.36 bits per heavy atom. The summed E-state index contributed by atoms with van der Waals surface area (Å²) in [4.78, 5) is 24.0. The first-order valence-electron chi connectivity index (χ1n) is 3.49. The molecule has 1 N–H and O–H groups in total. The lowest BCUT2D eigenvalue weighted by atomic mass is 10.2. The van der Waals surface area contributed by atoms with E-state index in [1.54, 1.807) is 0 Å². The van der Waals surface area contributed by atoms with Crippen molar-refractivity contribution in [2.75, 3.05) is 0 Å². The van der Waals surface area contributed by atoms with E-state index in [4.69, 9.17) is 16.7 Å². The lowest BCUT2D eigenvalue weighted by Crippen LogP contribution is -2.01. The number of carbonyl (C=O) groups excluding carboxylic acids is 1. The number of nitrogens with zero attached hydrogens (tertiary/aromatic N) is 1. The number of pyridine rings is 1. The lowest BCUT2D eigenvalue weighted by molar-refractivity contribution is -0.103. The molecule has 1 aromatic heterocycles. The van der Waals surface area contributed by atoms with Gasteiger partial charge in [0.25, 0.3) is 0 Å². The zero-order valence-electron chi connectivity index (χ0n) is 6.82. The molecular formula is C9H4ClNO3. The molecule has 0 aliphatic carbocycles. The average Bonchev–Trinajstić information content (AvgIpc) is 2.14. The highest BCUT2D eigenvalue weighted by molar-refractivity contribution is 6.33. The van der Waals surface area contributed by atoms with Crippen LogP contribution < -0.4 is 0 Å². The van der Waals surface area contributed by atoms with Gasteiger partial charge in [-0.2, -0.15) is 0 Å². The molecule has 0 fully saturated rings. The lowest BCUT2D eigenvalue weighted by Gasteiger charge is -1.96. The standard InChI is InChI=1S/C9H4ClNO3/c10-7-4-6(2-1-3-12)5-11-8(7)9(13)14/h3-5H,(H,13,14). The van der Waals surface area contributed by atoms with Crippen LogP contribution in [0.5, 0.6) is 0 Å². The van der Waals surface area contributed by atoms with Crippen LogP contribution in [0.2, 0.25) is 5.02 Å². The largest absolute Gasteiger partial charge is 0.476 e. The molecule has 0 radical (unpaired) electrons. The fourth-order valence-corrected chi connectivity index (χ4v) is 1.02. The van der Waals surface area contributed by atoms with Gasteiger partial charge in [0.05, 0.1) is 5.02 Å². The van der Waals surface area contributed by atoms with Crippen LogP contribution in [-0.2, 0) is 4.79 Å². The maximum atomic E-state index is 10.5. The molecule has 0 saturated carbocycles. The zero-order valence-corrected chi connectivity index (χ0v) is 7.58. The third kappa shape index (κ3) is 2.31. The number of aldehydes is 1. The van der Waals surface area contributed by atoms with Crippen molar-refractivity contribution in [3.8, 4) is 11.8 Å². The molecule has 0 amide bonds. The van der Waals surface area contributed by atoms with Gasteiger partial charge in [-0.25, -0.2) is 9.78 Å². The van der Waals surface area contributed by atoms with Gasteiger partial charge in [-0.05, 0) is 12.0 Å². The number of carbonyl (C=O) groups is 2. The van der Waals surface area contributed by atoms with Gasteiger partial charge in [-0.15, -0.1) is 0 Å². The average molecular weight is 210 g/mol. The topological polar surface area (TPSA) is 67.3 Å². The summed E-state index contributed by atoms with van der Waals surface area (Å²) in [5.74, 6) is 3.40. The molecule has 1 aromatic rings. The van der Waals surface area contributed by atoms with Gasteiger partial charge in [0.2, 0.25) is 0 Å². The Bertz CT molecular complexity index is 445. The summed E-state index contributed by atoms with van der Waals surface area (Å²) in [6.07, 6.45) is 1.67. The van der Waals surface area contributed by atoms with Crippen LogP contribution in [0.25, 0.3) is 0 Å². The quantitative estimate of drug-likeness (QED) is 0.553. The molecule has 0 spiro atoms. The maximum Gasteiger partial charge on any atom is 0.356 e. The van der Waals surface area contributed by atoms with E-state index in [-0.39, 0.29) is 10.7 Å². The molecule has 0 bridgehead atoms. The molecule has 0 aliphatic rings. The molecule has 0 atom stereocenters. The van der Waals surface area contributed by atoms with Crippen LogP contribution >= 0.6 is 11.6 Å². The van der Waals surface area contributed by atoms with E-state index in [2.05, 4.69) is 16.8 Å². The second-order valence-corrected chi connectivity index (χ2v) is 2.65. The highest BCUT2D eigenvalue weighted by Gasteiger charge is 2.09. The summed E-state index contributed by atoms with van der Waals surface area (Å²) >= 11 is 5.60. The van der Waals surface area contributed by atoms with Gasteiger partial charge in [-0.3, -0.25) is 4.79 Å². The molecular weight excluding hydrogens is 206 g/mol. The molecule has 0 unspecified atom stereocenters. The van der Waals surface area contributed by atoms with Crippen molar-refractivity contribution < 1.29 is 14.7 Å². The first-order valence-corrected chi connectivity index (χ1v) is 3.87. The van der Waals surface area contributed by atoms with Gasteiger partial charge in [0.1, 0.15) is 0 Å². The van der Waals surface area contributed by atoms with E-state index >= 15 is 0 Å². The number of hydrogen-bond acceptors (Lipinski definition) is 3. The first-order chi connectivity index (χ1) is 6.65. The smallest absolute Gasteiger partial charge is 0.356 e. The summed E-state index contributed by atoms with van der Waals surface area (Å²) < 4.78 is 0. The number of carboxylic acid groups (broad SMARTS) is 1. The number of aromatic nitrogens is 1. The summed E-state index contributed by atoms with van der Waals surface area (Å²) in [6, 6.07) is 1.34. The van der Waals surface area contributed by atoms with Crippen molar-refractivity contribution in [3.63, 3.8) is 0 Å². The molecule has 0 aliphatic heterocycles. The van der Waals surface area contributed by atoms with Crippen molar-refractivity contribution >= 4 is 23.9 Å². The monoisotopic (exact) mass is 209 g/mol. The molecule has 1 rings (SSSR count). The summed E-state index contributed by atoms with van der Waals surface area (Å²) in [6.45, 7) is 0.